The molecule has 2 aromatic carbocycles. The quantitative estimate of drug-likeness (QED) is 0.881. The fourth-order valence-electron chi connectivity index (χ4n) is 1.91. The van der Waals surface area contributed by atoms with Crippen LogP contribution >= 0.6 is 0 Å². The van der Waals surface area contributed by atoms with Crippen molar-refractivity contribution in [3.05, 3.63) is 42.0 Å². The van der Waals surface area contributed by atoms with Crippen molar-refractivity contribution >= 4 is 16.7 Å². The van der Waals surface area contributed by atoms with Crippen LogP contribution in [0.3, 0.4) is 0 Å². The van der Waals surface area contributed by atoms with Gasteiger partial charge in [0.1, 0.15) is 5.75 Å². The highest BCUT2D eigenvalue weighted by molar-refractivity contribution is 5.91. The van der Waals surface area contributed by atoms with Crippen LogP contribution in [0.4, 0.5) is 0 Å². The van der Waals surface area contributed by atoms with Crippen LogP contribution in [0.25, 0.3) is 10.8 Å². The summed E-state index contributed by atoms with van der Waals surface area (Å²) in [6, 6.07) is 11.4. The highest BCUT2D eigenvalue weighted by Gasteiger charge is 2.16. The summed E-state index contributed by atoms with van der Waals surface area (Å²) in [6.45, 7) is 1.69. The van der Waals surface area contributed by atoms with Gasteiger partial charge in [-0.1, -0.05) is 24.3 Å². The van der Waals surface area contributed by atoms with E-state index in [4.69, 9.17) is 9.84 Å². The van der Waals surface area contributed by atoms with Gasteiger partial charge in [-0.15, -0.1) is 0 Å². The lowest BCUT2D eigenvalue weighted by Crippen LogP contribution is -2.07. The smallest absolute Gasteiger partial charge is 0.310 e. The van der Waals surface area contributed by atoms with E-state index in [0.717, 1.165) is 22.1 Å². The lowest BCUT2D eigenvalue weighted by Gasteiger charge is -2.11. The van der Waals surface area contributed by atoms with E-state index in [0.29, 0.717) is 0 Å². The van der Waals surface area contributed by atoms with Gasteiger partial charge < -0.3 is 9.84 Å². The molecule has 0 heterocycles. The molecule has 0 saturated carbocycles. The van der Waals surface area contributed by atoms with Gasteiger partial charge in [-0.3, -0.25) is 4.79 Å². The first-order valence-corrected chi connectivity index (χ1v) is 5.43. The molecule has 1 atom stereocenters. The van der Waals surface area contributed by atoms with Crippen LogP contribution in [-0.4, -0.2) is 18.2 Å². The van der Waals surface area contributed by atoms with E-state index in [1.54, 1.807) is 14.0 Å². The lowest BCUT2D eigenvalue weighted by molar-refractivity contribution is -0.138. The average Bonchev–Trinajstić information content (AvgIpc) is 2.36. The number of carboxylic acids is 1. The fraction of sp³-hybridized carbons (Fsp3) is 0.214. The molecule has 0 saturated heterocycles. The summed E-state index contributed by atoms with van der Waals surface area (Å²) in [6.07, 6.45) is 0. The minimum atomic E-state index is -0.819. The van der Waals surface area contributed by atoms with Gasteiger partial charge in [0.05, 0.1) is 13.0 Å². The summed E-state index contributed by atoms with van der Waals surface area (Å²) in [4.78, 5) is 11.1. The van der Waals surface area contributed by atoms with Crippen LogP contribution in [-0.2, 0) is 4.79 Å². The van der Waals surface area contributed by atoms with Crippen molar-refractivity contribution in [2.45, 2.75) is 12.8 Å². The minimum absolute atomic E-state index is 0.522. The first-order chi connectivity index (χ1) is 8.13. The number of hydrogen-bond acceptors (Lipinski definition) is 2. The Hall–Kier alpha value is -2.03. The molecule has 0 aliphatic carbocycles. The maximum atomic E-state index is 11.1. The van der Waals surface area contributed by atoms with Gasteiger partial charge in [0.2, 0.25) is 0 Å². The maximum absolute atomic E-state index is 11.1. The van der Waals surface area contributed by atoms with Gasteiger partial charge in [-0.25, -0.2) is 0 Å². The fourth-order valence-corrected chi connectivity index (χ4v) is 1.91. The monoisotopic (exact) mass is 230 g/mol. The Morgan fingerprint density at radius 3 is 2.71 bits per heavy atom. The molecule has 88 valence electrons. The molecule has 0 aliphatic rings. The molecule has 2 aromatic rings. The van der Waals surface area contributed by atoms with Crippen LogP contribution in [0.15, 0.2) is 36.4 Å². The van der Waals surface area contributed by atoms with E-state index in [1.807, 2.05) is 36.4 Å². The average molecular weight is 230 g/mol. The molecule has 3 nitrogen and oxygen atoms in total. The van der Waals surface area contributed by atoms with E-state index >= 15 is 0 Å². The maximum Gasteiger partial charge on any atom is 0.310 e. The van der Waals surface area contributed by atoms with Gasteiger partial charge in [0.25, 0.3) is 0 Å². The van der Waals surface area contributed by atoms with Gasteiger partial charge in [0.15, 0.2) is 0 Å². The largest absolute Gasteiger partial charge is 0.497 e. The topological polar surface area (TPSA) is 46.5 Å². The van der Waals surface area contributed by atoms with Gasteiger partial charge in [0, 0.05) is 0 Å². The molecule has 0 bridgehead atoms. The number of methoxy groups -OCH3 is 1. The van der Waals surface area contributed by atoms with Gasteiger partial charge in [-0.05, 0) is 35.4 Å². The third-order valence-corrected chi connectivity index (χ3v) is 2.96. The van der Waals surface area contributed by atoms with Crippen LogP contribution in [0.1, 0.15) is 18.4 Å². The minimum Gasteiger partial charge on any atom is -0.497 e. The molecule has 0 unspecified atom stereocenters. The van der Waals surface area contributed by atoms with Crippen LogP contribution in [0, 0.1) is 0 Å². The van der Waals surface area contributed by atoms with E-state index < -0.39 is 11.9 Å². The summed E-state index contributed by atoms with van der Waals surface area (Å²) in [5, 5.41) is 11.0. The molecule has 0 aliphatic heterocycles. The molecule has 2 rings (SSSR count). The zero-order valence-corrected chi connectivity index (χ0v) is 9.81. The third kappa shape index (κ3) is 2.09. The predicted octanol–water partition coefficient (Wildman–Crippen LogP) is 3.04. The summed E-state index contributed by atoms with van der Waals surface area (Å²) in [7, 11) is 1.60. The number of fused-ring (bicyclic) bond motifs is 1. The van der Waals surface area contributed by atoms with Crippen LogP contribution in [0.2, 0.25) is 0 Å². The number of ether oxygens (including phenoxy) is 1. The molecule has 0 amide bonds. The van der Waals surface area contributed by atoms with Crippen LogP contribution in [0.5, 0.6) is 5.75 Å². The Labute approximate surface area is 99.6 Å². The highest BCUT2D eigenvalue weighted by Crippen LogP contribution is 2.28. The number of benzene rings is 2. The Morgan fingerprint density at radius 2 is 2.06 bits per heavy atom. The molecule has 0 aromatic heterocycles. The van der Waals surface area contributed by atoms with E-state index in [1.165, 1.54) is 0 Å². The number of aliphatic carboxylic acids is 1. The van der Waals surface area contributed by atoms with Crippen molar-refractivity contribution in [3.8, 4) is 5.75 Å². The van der Waals surface area contributed by atoms with Crippen molar-refractivity contribution in [2.24, 2.45) is 0 Å². The number of rotatable bonds is 3. The van der Waals surface area contributed by atoms with Crippen molar-refractivity contribution in [1.82, 2.24) is 0 Å². The molecule has 17 heavy (non-hydrogen) atoms. The molecule has 1 N–H and O–H groups in total. The van der Waals surface area contributed by atoms with Crippen molar-refractivity contribution in [3.63, 3.8) is 0 Å². The first kappa shape index (κ1) is 11.5. The second-order valence-electron chi connectivity index (χ2n) is 3.99. The van der Waals surface area contributed by atoms with Crippen molar-refractivity contribution in [1.29, 1.82) is 0 Å². The van der Waals surface area contributed by atoms with Gasteiger partial charge in [-0.2, -0.15) is 0 Å². The predicted molar refractivity (Wildman–Crippen MR) is 66.6 cm³/mol. The second-order valence-corrected chi connectivity index (χ2v) is 3.99. The Bertz CT molecular complexity index is 560. The van der Waals surface area contributed by atoms with E-state index in [-0.39, 0.29) is 0 Å². The van der Waals surface area contributed by atoms with Crippen LogP contribution < -0.4 is 4.74 Å². The number of carbonyl (C=O) groups is 1. The molecule has 0 spiro atoms. The molecule has 0 radical (unpaired) electrons. The molecule has 0 fully saturated rings. The standard InChI is InChI=1S/C14H14O3/c1-9(14(15)16)12-5-3-4-10-6-7-11(17-2)8-13(10)12/h3-9H,1-2H3,(H,15,16)/t9-/m0/s1. The summed E-state index contributed by atoms with van der Waals surface area (Å²) in [5.74, 6) is -0.603. The number of carboxylic acid groups (broad SMARTS) is 1. The Kier molecular flexibility index (Phi) is 3.00. The first-order valence-electron chi connectivity index (χ1n) is 5.43. The van der Waals surface area contributed by atoms with Crippen molar-refractivity contribution in [2.75, 3.05) is 7.11 Å². The van der Waals surface area contributed by atoms with Crippen molar-refractivity contribution < 1.29 is 14.6 Å². The summed E-state index contributed by atoms with van der Waals surface area (Å²) < 4.78 is 5.17. The van der Waals surface area contributed by atoms with E-state index in [2.05, 4.69) is 0 Å². The molecule has 3 heteroatoms. The summed E-state index contributed by atoms with van der Waals surface area (Å²) in [5.41, 5.74) is 0.814. The molecular formula is C14H14O3. The zero-order valence-electron chi connectivity index (χ0n) is 9.81. The number of hydrogen-bond donors (Lipinski definition) is 1. The SMILES string of the molecule is COc1ccc2cccc([C@H](C)C(=O)O)c2c1. The lowest BCUT2D eigenvalue weighted by atomic mass is 9.95. The highest BCUT2D eigenvalue weighted by atomic mass is 16.5. The Balaban J connectivity index is 2.66. The normalized spacial score (nSPS) is 12.4. The molecular weight excluding hydrogens is 216 g/mol. The van der Waals surface area contributed by atoms with E-state index in [9.17, 15) is 4.79 Å². The Morgan fingerprint density at radius 1 is 1.29 bits per heavy atom. The summed E-state index contributed by atoms with van der Waals surface area (Å²) >= 11 is 0. The van der Waals surface area contributed by atoms with Gasteiger partial charge >= 0.3 is 5.97 Å². The second kappa shape index (κ2) is 4.45. The third-order valence-electron chi connectivity index (χ3n) is 2.96. The zero-order chi connectivity index (χ0) is 12.4.